The summed E-state index contributed by atoms with van der Waals surface area (Å²) >= 11 is 0. The van der Waals surface area contributed by atoms with E-state index >= 15 is 0 Å². The fraction of sp³-hybridized carbons (Fsp3) is 0.667. The van der Waals surface area contributed by atoms with Gasteiger partial charge in [-0.2, -0.15) is 5.10 Å². The van der Waals surface area contributed by atoms with Crippen LogP contribution in [0, 0.1) is 0 Å². The van der Waals surface area contributed by atoms with Crippen LogP contribution >= 0.6 is 0 Å². The van der Waals surface area contributed by atoms with Gasteiger partial charge in [-0.3, -0.25) is 4.68 Å². The zero-order chi connectivity index (χ0) is 12.2. The molecule has 1 aromatic rings. The topological polar surface area (TPSA) is 76.0 Å². The molecule has 0 atom stereocenters. The average molecular weight is 246 g/mol. The van der Waals surface area contributed by atoms with Crippen LogP contribution < -0.4 is 10.0 Å². The van der Waals surface area contributed by atoms with Crippen LogP contribution in [-0.4, -0.2) is 37.8 Å². The molecule has 0 radical (unpaired) electrons. The Kier molecular flexibility index (Phi) is 4.45. The van der Waals surface area contributed by atoms with Crippen LogP contribution in [0.2, 0.25) is 0 Å². The van der Waals surface area contributed by atoms with Gasteiger partial charge in [0.2, 0.25) is 10.0 Å². The quantitative estimate of drug-likeness (QED) is 0.728. The van der Waals surface area contributed by atoms with Crippen LogP contribution in [0.25, 0.3) is 0 Å². The van der Waals surface area contributed by atoms with E-state index in [4.69, 9.17) is 0 Å². The molecular weight excluding hydrogens is 228 g/mol. The third kappa shape index (κ3) is 3.58. The largest absolute Gasteiger partial charge is 0.313 e. The molecule has 0 spiro atoms. The van der Waals surface area contributed by atoms with E-state index in [0.29, 0.717) is 12.6 Å². The molecule has 0 fully saturated rings. The van der Waals surface area contributed by atoms with E-state index in [1.807, 2.05) is 0 Å². The van der Waals surface area contributed by atoms with Gasteiger partial charge in [-0.15, -0.1) is 0 Å². The van der Waals surface area contributed by atoms with Crippen LogP contribution in [0.4, 0.5) is 0 Å². The summed E-state index contributed by atoms with van der Waals surface area (Å²) in [5, 5.41) is 7.21. The molecule has 0 bridgehead atoms. The molecular formula is C9H18N4O2S. The Morgan fingerprint density at radius 2 is 2.19 bits per heavy atom. The van der Waals surface area contributed by atoms with Crippen molar-refractivity contribution in [2.45, 2.75) is 31.3 Å². The van der Waals surface area contributed by atoms with Gasteiger partial charge in [-0.1, -0.05) is 13.8 Å². The molecule has 1 heterocycles. The van der Waals surface area contributed by atoms with E-state index in [-0.39, 0.29) is 4.90 Å². The fourth-order valence-electron chi connectivity index (χ4n) is 1.19. The zero-order valence-electron chi connectivity index (χ0n) is 9.77. The molecule has 92 valence electrons. The summed E-state index contributed by atoms with van der Waals surface area (Å²) < 4.78 is 26.7. The summed E-state index contributed by atoms with van der Waals surface area (Å²) in [5.74, 6) is 0. The number of hydrogen-bond acceptors (Lipinski definition) is 4. The summed E-state index contributed by atoms with van der Waals surface area (Å²) in [6, 6.07) is 0.413. The first-order valence-electron chi connectivity index (χ1n) is 5.15. The highest BCUT2D eigenvalue weighted by Crippen LogP contribution is 2.05. The molecule has 16 heavy (non-hydrogen) atoms. The van der Waals surface area contributed by atoms with E-state index in [9.17, 15) is 8.42 Å². The molecule has 1 rings (SSSR count). The molecule has 0 aromatic carbocycles. The van der Waals surface area contributed by atoms with Crippen LogP contribution in [0.5, 0.6) is 0 Å². The van der Waals surface area contributed by atoms with Crippen molar-refractivity contribution in [3.05, 3.63) is 12.4 Å². The highest BCUT2D eigenvalue weighted by Gasteiger charge is 2.13. The van der Waals surface area contributed by atoms with Gasteiger partial charge in [0.25, 0.3) is 0 Å². The van der Waals surface area contributed by atoms with Crippen molar-refractivity contribution in [2.24, 2.45) is 0 Å². The summed E-state index contributed by atoms with van der Waals surface area (Å²) in [7, 11) is -1.99. The smallest absolute Gasteiger partial charge is 0.243 e. The molecule has 0 unspecified atom stereocenters. The number of aromatic nitrogens is 2. The summed E-state index contributed by atoms with van der Waals surface area (Å²) in [4.78, 5) is 0.194. The second-order valence-corrected chi connectivity index (χ2v) is 5.64. The average Bonchev–Trinajstić information content (AvgIpc) is 2.66. The highest BCUT2D eigenvalue weighted by atomic mass is 32.2. The van der Waals surface area contributed by atoms with Crippen molar-refractivity contribution in [3.63, 3.8) is 0 Å². The lowest BCUT2D eigenvalue weighted by atomic mass is 10.4. The van der Waals surface area contributed by atoms with E-state index in [1.54, 1.807) is 4.68 Å². The Morgan fingerprint density at radius 1 is 1.50 bits per heavy atom. The number of sulfonamides is 1. The molecule has 0 aliphatic heterocycles. The molecule has 0 aliphatic rings. The minimum absolute atomic E-state index is 0.194. The maximum absolute atomic E-state index is 11.4. The van der Waals surface area contributed by atoms with E-state index in [2.05, 4.69) is 29.0 Å². The first kappa shape index (κ1) is 13.1. The normalized spacial score (nSPS) is 12.2. The molecule has 6 nitrogen and oxygen atoms in total. The lowest BCUT2D eigenvalue weighted by Crippen LogP contribution is -2.26. The van der Waals surface area contributed by atoms with E-state index < -0.39 is 10.0 Å². The van der Waals surface area contributed by atoms with Crippen LogP contribution in [-0.2, 0) is 16.6 Å². The van der Waals surface area contributed by atoms with Gasteiger partial charge in [0, 0.05) is 18.8 Å². The van der Waals surface area contributed by atoms with Crippen molar-refractivity contribution < 1.29 is 8.42 Å². The van der Waals surface area contributed by atoms with Crippen molar-refractivity contribution in [1.29, 1.82) is 0 Å². The second-order valence-electron chi connectivity index (χ2n) is 3.76. The Balaban J connectivity index is 2.59. The van der Waals surface area contributed by atoms with Gasteiger partial charge in [0.1, 0.15) is 4.90 Å². The first-order chi connectivity index (χ1) is 7.45. The third-order valence-corrected chi connectivity index (χ3v) is 3.45. The predicted molar refractivity (Wildman–Crippen MR) is 61.6 cm³/mol. The Labute approximate surface area is 96.1 Å². The summed E-state index contributed by atoms with van der Waals surface area (Å²) in [5.41, 5.74) is 0. The lowest BCUT2D eigenvalue weighted by Gasteiger charge is -2.07. The van der Waals surface area contributed by atoms with Gasteiger partial charge in [-0.05, 0) is 7.05 Å². The molecule has 0 aliphatic carbocycles. The summed E-state index contributed by atoms with van der Waals surface area (Å²) in [6.45, 7) is 5.52. The minimum Gasteiger partial charge on any atom is -0.313 e. The van der Waals surface area contributed by atoms with E-state index in [0.717, 1.165) is 6.54 Å². The number of nitrogens with one attached hydrogen (secondary N) is 2. The maximum atomic E-state index is 11.4. The Bertz CT molecular complexity index is 424. The SMILES string of the molecule is CNS(=O)(=O)c1cnn(CCNC(C)C)c1. The number of hydrogen-bond donors (Lipinski definition) is 2. The predicted octanol–water partition coefficient (Wildman–Crippen LogP) is -0.211. The molecule has 2 N–H and O–H groups in total. The van der Waals surface area contributed by atoms with Crippen molar-refractivity contribution >= 4 is 10.0 Å². The van der Waals surface area contributed by atoms with Crippen LogP contribution in [0.15, 0.2) is 17.3 Å². The van der Waals surface area contributed by atoms with Gasteiger partial charge in [0.15, 0.2) is 0 Å². The number of rotatable bonds is 6. The van der Waals surface area contributed by atoms with E-state index in [1.165, 1.54) is 19.4 Å². The molecule has 7 heteroatoms. The van der Waals surface area contributed by atoms with Crippen molar-refractivity contribution in [1.82, 2.24) is 19.8 Å². The van der Waals surface area contributed by atoms with Crippen LogP contribution in [0.1, 0.15) is 13.8 Å². The van der Waals surface area contributed by atoms with Gasteiger partial charge >= 0.3 is 0 Å². The zero-order valence-corrected chi connectivity index (χ0v) is 10.6. The second kappa shape index (κ2) is 5.42. The third-order valence-electron chi connectivity index (χ3n) is 2.08. The first-order valence-corrected chi connectivity index (χ1v) is 6.63. The Morgan fingerprint density at radius 3 is 2.75 bits per heavy atom. The highest BCUT2D eigenvalue weighted by molar-refractivity contribution is 7.89. The van der Waals surface area contributed by atoms with Crippen molar-refractivity contribution in [2.75, 3.05) is 13.6 Å². The van der Waals surface area contributed by atoms with Gasteiger partial charge < -0.3 is 5.32 Å². The maximum Gasteiger partial charge on any atom is 0.243 e. The number of nitrogens with zero attached hydrogens (tertiary/aromatic N) is 2. The monoisotopic (exact) mass is 246 g/mol. The summed E-state index contributed by atoms with van der Waals surface area (Å²) in [6.07, 6.45) is 2.87. The molecule has 0 saturated heterocycles. The standard InChI is InChI=1S/C9H18N4O2S/c1-8(2)11-4-5-13-7-9(6-12-13)16(14,15)10-3/h6-8,10-11H,4-5H2,1-3H3. The Hall–Kier alpha value is -0.920. The molecule has 0 amide bonds. The molecule has 0 saturated carbocycles. The van der Waals surface area contributed by atoms with Gasteiger partial charge in [-0.25, -0.2) is 13.1 Å². The molecule has 1 aromatic heterocycles. The van der Waals surface area contributed by atoms with Crippen molar-refractivity contribution in [3.8, 4) is 0 Å². The fourth-order valence-corrected chi connectivity index (χ4v) is 1.87. The minimum atomic E-state index is -3.37. The van der Waals surface area contributed by atoms with Gasteiger partial charge in [0.05, 0.1) is 12.7 Å². The lowest BCUT2D eigenvalue weighted by molar-refractivity contribution is 0.515. The van der Waals surface area contributed by atoms with Crippen LogP contribution in [0.3, 0.4) is 0 Å².